The molecule has 1 aromatic rings. The molecule has 88 valence electrons. The van der Waals surface area contributed by atoms with E-state index < -0.39 is 15.3 Å². The Morgan fingerprint density at radius 1 is 1.50 bits per heavy atom. The van der Waals surface area contributed by atoms with Gasteiger partial charge < -0.3 is 0 Å². The number of carbonyl (C=O) groups excluding carboxylic acids is 1. The number of halogens is 1. The smallest absolute Gasteiger partial charge is 0.230 e. The highest BCUT2D eigenvalue weighted by molar-refractivity contribution is 9.11. The molecule has 0 spiro atoms. The molecule has 2 N–H and O–H groups in total. The molecule has 0 saturated carbocycles. The molecular formula is C6H7BrN4O3S2. The van der Waals surface area contributed by atoms with E-state index >= 15 is 0 Å². The van der Waals surface area contributed by atoms with Gasteiger partial charge in [-0.1, -0.05) is 11.3 Å². The zero-order valence-corrected chi connectivity index (χ0v) is 11.0. The van der Waals surface area contributed by atoms with Crippen LogP contribution in [0.25, 0.3) is 0 Å². The number of nitrogens with zero attached hydrogens (tertiary/aromatic N) is 3. The van der Waals surface area contributed by atoms with Crippen LogP contribution in [0.4, 0.5) is 5.13 Å². The molecule has 7 nitrogen and oxygen atoms in total. The minimum Gasteiger partial charge on any atom is -0.285 e. The van der Waals surface area contributed by atoms with Crippen molar-refractivity contribution in [3.63, 3.8) is 0 Å². The Bertz CT molecular complexity index is 528. The number of nitrogens with two attached hydrogens (primary N) is 1. The van der Waals surface area contributed by atoms with E-state index in [-0.39, 0.29) is 18.9 Å². The van der Waals surface area contributed by atoms with Crippen LogP contribution in [-0.2, 0) is 14.8 Å². The summed E-state index contributed by atoms with van der Waals surface area (Å²) in [4.78, 5) is 12.9. The minimum atomic E-state index is -3.69. The summed E-state index contributed by atoms with van der Waals surface area (Å²) < 4.78 is 22.8. The minimum absolute atomic E-state index is 0.0410. The predicted molar refractivity (Wildman–Crippen MR) is 61.5 cm³/mol. The second-order valence-corrected chi connectivity index (χ2v) is 7.33. The van der Waals surface area contributed by atoms with Crippen molar-refractivity contribution in [1.82, 2.24) is 10.2 Å². The average Bonchev–Trinajstić information content (AvgIpc) is 2.70. The number of aromatic nitrogens is 2. The van der Waals surface area contributed by atoms with Gasteiger partial charge in [-0.2, -0.15) is 0 Å². The van der Waals surface area contributed by atoms with Crippen molar-refractivity contribution in [2.24, 2.45) is 5.14 Å². The van der Waals surface area contributed by atoms with E-state index in [0.29, 0.717) is 9.05 Å². The Balaban J connectivity index is 2.24. The fourth-order valence-electron chi connectivity index (χ4n) is 1.39. The SMILES string of the molecule is NS(=O)(=O)C1CC(=O)N(c2nnc(Br)s2)C1. The Kier molecular flexibility index (Phi) is 2.99. The van der Waals surface area contributed by atoms with Crippen molar-refractivity contribution in [2.75, 3.05) is 11.4 Å². The fraction of sp³-hybridized carbons (Fsp3) is 0.500. The van der Waals surface area contributed by atoms with Crippen LogP contribution >= 0.6 is 27.3 Å². The Hall–Kier alpha value is -0.580. The lowest BCUT2D eigenvalue weighted by Crippen LogP contribution is -2.32. The van der Waals surface area contributed by atoms with E-state index in [2.05, 4.69) is 26.1 Å². The molecule has 2 rings (SSSR count). The van der Waals surface area contributed by atoms with Gasteiger partial charge in [0.1, 0.15) is 5.25 Å². The van der Waals surface area contributed by atoms with Crippen LogP contribution in [-0.4, -0.2) is 36.3 Å². The average molecular weight is 327 g/mol. The second kappa shape index (κ2) is 4.02. The zero-order chi connectivity index (χ0) is 11.9. The van der Waals surface area contributed by atoms with Crippen molar-refractivity contribution in [1.29, 1.82) is 0 Å². The number of primary sulfonamides is 1. The summed E-state index contributed by atoms with van der Waals surface area (Å²) in [5, 5.41) is 12.0. The number of rotatable bonds is 2. The maximum atomic E-state index is 11.6. The van der Waals surface area contributed by atoms with E-state index in [1.54, 1.807) is 0 Å². The molecule has 1 unspecified atom stereocenters. The summed E-state index contributed by atoms with van der Waals surface area (Å²) in [5.74, 6) is -0.303. The normalized spacial score (nSPS) is 21.8. The van der Waals surface area contributed by atoms with Crippen LogP contribution in [0.1, 0.15) is 6.42 Å². The molecule has 1 aliphatic rings. The van der Waals surface area contributed by atoms with Gasteiger partial charge in [-0.25, -0.2) is 13.6 Å². The van der Waals surface area contributed by atoms with Gasteiger partial charge in [-0.05, 0) is 15.9 Å². The van der Waals surface area contributed by atoms with Gasteiger partial charge in [0, 0.05) is 13.0 Å². The van der Waals surface area contributed by atoms with E-state index in [0.717, 1.165) is 0 Å². The lowest BCUT2D eigenvalue weighted by Gasteiger charge is -2.10. The number of anilines is 1. The third kappa shape index (κ3) is 2.24. The van der Waals surface area contributed by atoms with Crippen LogP contribution in [0.3, 0.4) is 0 Å². The number of hydrogen-bond acceptors (Lipinski definition) is 6. The van der Waals surface area contributed by atoms with Crippen LogP contribution in [0.5, 0.6) is 0 Å². The number of sulfonamides is 1. The molecule has 0 bridgehead atoms. The summed E-state index contributed by atoms with van der Waals surface area (Å²) in [6.45, 7) is 0.0410. The molecule has 0 radical (unpaired) electrons. The topological polar surface area (TPSA) is 106 Å². The lowest BCUT2D eigenvalue weighted by molar-refractivity contribution is -0.117. The molecule has 1 saturated heterocycles. The molecule has 2 heterocycles. The van der Waals surface area contributed by atoms with Gasteiger partial charge in [0.15, 0.2) is 3.92 Å². The highest BCUT2D eigenvalue weighted by Gasteiger charge is 2.38. The summed E-state index contributed by atoms with van der Waals surface area (Å²) >= 11 is 4.28. The Morgan fingerprint density at radius 2 is 2.19 bits per heavy atom. The van der Waals surface area contributed by atoms with Gasteiger partial charge in [-0.3, -0.25) is 9.69 Å². The molecule has 1 amide bonds. The summed E-state index contributed by atoms with van der Waals surface area (Å²) in [7, 11) is -3.69. The molecule has 1 fully saturated rings. The summed E-state index contributed by atoms with van der Waals surface area (Å²) in [6.07, 6.45) is -0.101. The van der Waals surface area contributed by atoms with Gasteiger partial charge >= 0.3 is 0 Å². The third-order valence-electron chi connectivity index (χ3n) is 2.17. The molecule has 1 aromatic heterocycles. The first-order valence-corrected chi connectivity index (χ1v) is 7.41. The van der Waals surface area contributed by atoms with Gasteiger partial charge in [0.05, 0.1) is 0 Å². The van der Waals surface area contributed by atoms with Crippen LogP contribution in [0.2, 0.25) is 0 Å². The quantitative estimate of drug-likeness (QED) is 0.802. The van der Waals surface area contributed by atoms with Gasteiger partial charge in [0.25, 0.3) is 0 Å². The Labute approximate surface area is 104 Å². The van der Waals surface area contributed by atoms with Crippen molar-refractivity contribution in [2.45, 2.75) is 11.7 Å². The van der Waals surface area contributed by atoms with Crippen molar-refractivity contribution >= 4 is 48.3 Å². The molecule has 0 aromatic carbocycles. The van der Waals surface area contributed by atoms with Crippen molar-refractivity contribution < 1.29 is 13.2 Å². The number of carbonyl (C=O) groups is 1. The molecule has 16 heavy (non-hydrogen) atoms. The van der Waals surface area contributed by atoms with Crippen LogP contribution in [0, 0.1) is 0 Å². The summed E-state index contributed by atoms with van der Waals surface area (Å²) in [6, 6.07) is 0. The Morgan fingerprint density at radius 3 is 2.62 bits per heavy atom. The second-order valence-electron chi connectivity index (χ2n) is 3.26. The highest BCUT2D eigenvalue weighted by atomic mass is 79.9. The lowest BCUT2D eigenvalue weighted by atomic mass is 10.4. The first-order valence-electron chi connectivity index (χ1n) is 4.19. The standard InChI is InChI=1S/C6H7BrN4O3S2/c7-5-9-10-6(15-5)11-2-3(1-4(11)12)16(8,13)14/h3H,1-2H2,(H2,8,13,14). The van der Waals surface area contributed by atoms with E-state index in [1.807, 2.05) is 0 Å². The summed E-state index contributed by atoms with van der Waals surface area (Å²) in [5.41, 5.74) is 0. The highest BCUT2D eigenvalue weighted by Crippen LogP contribution is 2.28. The van der Waals surface area contributed by atoms with E-state index in [9.17, 15) is 13.2 Å². The monoisotopic (exact) mass is 326 g/mol. The predicted octanol–water partition coefficient (Wildman–Crippen LogP) is -0.306. The molecule has 1 aliphatic heterocycles. The van der Waals surface area contributed by atoms with Gasteiger partial charge in [0.2, 0.25) is 21.1 Å². The largest absolute Gasteiger partial charge is 0.285 e. The maximum absolute atomic E-state index is 11.6. The van der Waals surface area contributed by atoms with Crippen molar-refractivity contribution in [3.05, 3.63) is 3.92 Å². The fourth-order valence-corrected chi connectivity index (χ4v) is 3.23. The van der Waals surface area contributed by atoms with Crippen LogP contribution < -0.4 is 10.0 Å². The number of amides is 1. The van der Waals surface area contributed by atoms with E-state index in [1.165, 1.54) is 16.2 Å². The van der Waals surface area contributed by atoms with Gasteiger partial charge in [-0.15, -0.1) is 10.2 Å². The molecule has 10 heteroatoms. The first kappa shape index (κ1) is 11.9. The maximum Gasteiger partial charge on any atom is 0.230 e. The molecule has 1 atom stereocenters. The zero-order valence-electron chi connectivity index (χ0n) is 7.83. The molecule has 0 aliphatic carbocycles. The third-order valence-corrected chi connectivity index (χ3v) is 4.80. The number of hydrogen-bond donors (Lipinski definition) is 1. The van der Waals surface area contributed by atoms with Crippen molar-refractivity contribution in [3.8, 4) is 0 Å². The first-order chi connectivity index (χ1) is 7.38. The molecular weight excluding hydrogens is 320 g/mol. The van der Waals surface area contributed by atoms with Crippen LogP contribution in [0.15, 0.2) is 3.92 Å². The van der Waals surface area contributed by atoms with E-state index in [4.69, 9.17) is 5.14 Å².